The Morgan fingerprint density at radius 3 is 2.61 bits per heavy atom. The monoisotopic (exact) mass is 241 g/mol. The molecule has 92 valence electrons. The maximum atomic E-state index is 5.74. The molecule has 0 N–H and O–H groups in total. The van der Waals surface area contributed by atoms with Crippen molar-refractivity contribution in [1.29, 1.82) is 0 Å². The molecular formula is C15H15NO2. The van der Waals surface area contributed by atoms with Crippen LogP contribution in [0.3, 0.4) is 0 Å². The van der Waals surface area contributed by atoms with Crippen molar-refractivity contribution >= 4 is 5.69 Å². The molecule has 0 saturated carbocycles. The predicted octanol–water partition coefficient (Wildman–Crippen LogP) is 3.05. The smallest absolute Gasteiger partial charge is 0.161 e. The van der Waals surface area contributed by atoms with Gasteiger partial charge in [-0.15, -0.1) is 0 Å². The molecule has 3 rings (SSSR count). The van der Waals surface area contributed by atoms with Crippen LogP contribution in [-0.2, 0) is 6.54 Å². The molecule has 0 saturated heterocycles. The number of hydrogen-bond donors (Lipinski definition) is 0. The third-order valence-corrected chi connectivity index (χ3v) is 3.15. The summed E-state index contributed by atoms with van der Waals surface area (Å²) >= 11 is 0. The molecule has 0 fully saturated rings. The lowest BCUT2D eigenvalue weighted by Crippen LogP contribution is -2.31. The van der Waals surface area contributed by atoms with Crippen molar-refractivity contribution in [3.63, 3.8) is 0 Å². The zero-order chi connectivity index (χ0) is 12.4. The number of rotatable bonds is 2. The topological polar surface area (TPSA) is 21.7 Å². The van der Waals surface area contributed by atoms with Gasteiger partial charge in [0.2, 0.25) is 0 Å². The van der Waals surface area contributed by atoms with Gasteiger partial charge in [0.25, 0.3) is 0 Å². The minimum absolute atomic E-state index is 0.587. The van der Waals surface area contributed by atoms with Gasteiger partial charge < -0.3 is 14.4 Å². The van der Waals surface area contributed by atoms with Crippen LogP contribution in [0.4, 0.5) is 5.69 Å². The Kier molecular flexibility index (Phi) is 2.81. The highest BCUT2D eigenvalue weighted by Crippen LogP contribution is 2.28. The first-order valence-electron chi connectivity index (χ1n) is 5.96. The lowest BCUT2D eigenvalue weighted by molar-refractivity contribution is 0.289. The van der Waals surface area contributed by atoms with Gasteiger partial charge in [-0.2, -0.15) is 0 Å². The third kappa shape index (κ3) is 1.99. The van der Waals surface area contributed by atoms with Gasteiger partial charge in [0, 0.05) is 17.8 Å². The highest BCUT2D eigenvalue weighted by atomic mass is 16.5. The maximum absolute atomic E-state index is 5.74. The Morgan fingerprint density at radius 1 is 1.06 bits per heavy atom. The SMILES string of the molecule is COc1ccc(N2COc3ccccc3C2)cc1. The first kappa shape index (κ1) is 11.0. The molecule has 1 aliphatic heterocycles. The van der Waals surface area contributed by atoms with Gasteiger partial charge in [0.05, 0.1) is 7.11 Å². The number of benzene rings is 2. The van der Waals surface area contributed by atoms with Gasteiger partial charge in [0.15, 0.2) is 6.73 Å². The Labute approximate surface area is 107 Å². The van der Waals surface area contributed by atoms with Gasteiger partial charge >= 0.3 is 0 Å². The van der Waals surface area contributed by atoms with Crippen molar-refractivity contribution in [2.45, 2.75) is 6.54 Å². The minimum atomic E-state index is 0.587. The lowest BCUT2D eigenvalue weighted by atomic mass is 10.1. The van der Waals surface area contributed by atoms with Crippen LogP contribution >= 0.6 is 0 Å². The summed E-state index contributed by atoms with van der Waals surface area (Å²) in [6.07, 6.45) is 0. The van der Waals surface area contributed by atoms with Crippen LogP contribution in [-0.4, -0.2) is 13.8 Å². The molecule has 18 heavy (non-hydrogen) atoms. The zero-order valence-electron chi connectivity index (χ0n) is 10.3. The third-order valence-electron chi connectivity index (χ3n) is 3.15. The minimum Gasteiger partial charge on any atom is -0.497 e. The van der Waals surface area contributed by atoms with E-state index < -0.39 is 0 Å². The molecule has 0 atom stereocenters. The molecule has 0 aliphatic carbocycles. The average molecular weight is 241 g/mol. The summed E-state index contributed by atoms with van der Waals surface area (Å²) < 4.78 is 10.9. The second-order valence-electron chi connectivity index (χ2n) is 4.28. The fourth-order valence-electron chi connectivity index (χ4n) is 2.13. The summed E-state index contributed by atoms with van der Waals surface area (Å²) in [5.74, 6) is 1.86. The van der Waals surface area contributed by atoms with Crippen LogP contribution in [0.5, 0.6) is 11.5 Å². The number of methoxy groups -OCH3 is 1. The van der Waals surface area contributed by atoms with E-state index in [1.54, 1.807) is 7.11 Å². The predicted molar refractivity (Wildman–Crippen MR) is 71.1 cm³/mol. The van der Waals surface area contributed by atoms with Gasteiger partial charge in [-0.05, 0) is 30.3 Å². The summed E-state index contributed by atoms with van der Waals surface area (Å²) in [4.78, 5) is 2.20. The Hall–Kier alpha value is -2.16. The highest BCUT2D eigenvalue weighted by Gasteiger charge is 2.16. The van der Waals surface area contributed by atoms with E-state index in [2.05, 4.69) is 23.1 Å². The number of para-hydroxylation sites is 1. The van der Waals surface area contributed by atoms with Gasteiger partial charge in [-0.3, -0.25) is 0 Å². The van der Waals surface area contributed by atoms with Crippen LogP contribution in [0.25, 0.3) is 0 Å². The fourth-order valence-corrected chi connectivity index (χ4v) is 2.13. The molecule has 3 heteroatoms. The van der Waals surface area contributed by atoms with Crippen molar-refractivity contribution < 1.29 is 9.47 Å². The van der Waals surface area contributed by atoms with Crippen LogP contribution < -0.4 is 14.4 Å². The standard InChI is InChI=1S/C15H15NO2/c1-17-14-8-6-13(7-9-14)16-10-12-4-2-3-5-15(12)18-11-16/h2-9H,10-11H2,1H3. The largest absolute Gasteiger partial charge is 0.497 e. The molecule has 2 aromatic rings. The molecule has 3 nitrogen and oxygen atoms in total. The van der Waals surface area contributed by atoms with Crippen molar-refractivity contribution in [1.82, 2.24) is 0 Å². The summed E-state index contributed by atoms with van der Waals surface area (Å²) in [7, 11) is 1.68. The van der Waals surface area contributed by atoms with Crippen molar-refractivity contribution in [3.05, 3.63) is 54.1 Å². The van der Waals surface area contributed by atoms with Crippen molar-refractivity contribution in [2.24, 2.45) is 0 Å². The molecule has 1 heterocycles. The van der Waals surface area contributed by atoms with Crippen LogP contribution in [0.1, 0.15) is 5.56 Å². The summed E-state index contributed by atoms with van der Waals surface area (Å²) in [6, 6.07) is 16.2. The Morgan fingerprint density at radius 2 is 1.83 bits per heavy atom. The normalized spacial score (nSPS) is 13.7. The molecule has 0 spiro atoms. The first-order valence-corrected chi connectivity index (χ1v) is 5.96. The number of hydrogen-bond acceptors (Lipinski definition) is 3. The summed E-state index contributed by atoms with van der Waals surface area (Å²) in [6.45, 7) is 1.46. The second-order valence-corrected chi connectivity index (χ2v) is 4.28. The maximum Gasteiger partial charge on any atom is 0.161 e. The molecule has 0 amide bonds. The van der Waals surface area contributed by atoms with E-state index in [4.69, 9.17) is 9.47 Å². The lowest BCUT2D eigenvalue weighted by Gasteiger charge is -2.30. The summed E-state index contributed by atoms with van der Waals surface area (Å²) in [5.41, 5.74) is 2.37. The van der Waals surface area contributed by atoms with E-state index in [-0.39, 0.29) is 0 Å². The molecule has 2 aromatic carbocycles. The van der Waals surface area contributed by atoms with Crippen LogP contribution in [0.2, 0.25) is 0 Å². The fraction of sp³-hybridized carbons (Fsp3) is 0.200. The number of fused-ring (bicyclic) bond motifs is 1. The van der Waals surface area contributed by atoms with Gasteiger partial charge in [-0.1, -0.05) is 18.2 Å². The van der Waals surface area contributed by atoms with E-state index >= 15 is 0 Å². The average Bonchev–Trinajstić information content (AvgIpc) is 2.47. The molecular weight excluding hydrogens is 226 g/mol. The van der Waals surface area contributed by atoms with Crippen molar-refractivity contribution in [3.8, 4) is 11.5 Å². The molecule has 0 unspecified atom stereocenters. The number of anilines is 1. The van der Waals surface area contributed by atoms with Crippen LogP contribution in [0.15, 0.2) is 48.5 Å². The molecule has 0 aromatic heterocycles. The van der Waals surface area contributed by atoms with Crippen LogP contribution in [0, 0.1) is 0 Å². The first-order chi connectivity index (χ1) is 8.86. The van der Waals surface area contributed by atoms with E-state index in [9.17, 15) is 0 Å². The Balaban J connectivity index is 1.82. The molecule has 0 radical (unpaired) electrons. The summed E-state index contributed by atoms with van der Waals surface area (Å²) in [5, 5.41) is 0. The molecule has 0 bridgehead atoms. The molecule has 1 aliphatic rings. The Bertz CT molecular complexity index is 536. The van der Waals surface area contributed by atoms with E-state index in [0.717, 1.165) is 23.7 Å². The van der Waals surface area contributed by atoms with E-state index in [0.29, 0.717) is 6.73 Å². The number of nitrogens with zero attached hydrogens (tertiary/aromatic N) is 1. The zero-order valence-corrected chi connectivity index (χ0v) is 10.3. The highest BCUT2D eigenvalue weighted by molar-refractivity contribution is 5.51. The quantitative estimate of drug-likeness (QED) is 0.806. The van der Waals surface area contributed by atoms with E-state index in [1.807, 2.05) is 30.3 Å². The van der Waals surface area contributed by atoms with Gasteiger partial charge in [-0.25, -0.2) is 0 Å². The van der Waals surface area contributed by atoms with Gasteiger partial charge in [0.1, 0.15) is 11.5 Å². The van der Waals surface area contributed by atoms with Crippen molar-refractivity contribution in [2.75, 3.05) is 18.7 Å². The second kappa shape index (κ2) is 4.61. The van der Waals surface area contributed by atoms with E-state index in [1.165, 1.54) is 5.56 Å². The number of ether oxygens (including phenoxy) is 2.